The maximum Gasteiger partial charge on any atom is 0.270 e. The zero-order valence-electron chi connectivity index (χ0n) is 21.9. The van der Waals surface area contributed by atoms with Gasteiger partial charge in [0, 0.05) is 43.5 Å². The number of amides is 2. The molecule has 10 nitrogen and oxygen atoms in total. The summed E-state index contributed by atoms with van der Waals surface area (Å²) in [4.78, 5) is 27.1. The molecule has 37 heavy (non-hydrogen) atoms. The molecule has 0 atom stereocenters. The Labute approximate surface area is 219 Å². The van der Waals surface area contributed by atoms with Gasteiger partial charge in [-0.2, -0.15) is 0 Å². The molecule has 1 aromatic heterocycles. The van der Waals surface area contributed by atoms with E-state index in [1.807, 2.05) is 4.57 Å². The number of nitrogens with one attached hydrogen (secondary N) is 5. The maximum absolute atomic E-state index is 12.9. The van der Waals surface area contributed by atoms with E-state index >= 15 is 0 Å². The van der Waals surface area contributed by atoms with Crippen LogP contribution in [-0.2, 0) is 4.79 Å². The molecule has 2 fully saturated rings. The van der Waals surface area contributed by atoms with Crippen LogP contribution in [0.15, 0.2) is 54.7 Å². The van der Waals surface area contributed by atoms with Gasteiger partial charge < -0.3 is 41.9 Å². The van der Waals surface area contributed by atoms with Gasteiger partial charge in [0.2, 0.25) is 0 Å². The molecule has 200 valence electrons. The fourth-order valence-corrected chi connectivity index (χ4v) is 4.76. The average Bonchev–Trinajstić information content (AvgIpc) is 3.52. The van der Waals surface area contributed by atoms with E-state index < -0.39 is 0 Å². The number of carbonyl (C=O) groups is 2. The third-order valence-corrected chi connectivity index (χ3v) is 6.70. The quantitative estimate of drug-likeness (QED) is 0.154. The third-order valence-electron chi connectivity index (χ3n) is 6.70. The second kappa shape index (κ2) is 13.0. The molecule has 2 heterocycles. The van der Waals surface area contributed by atoms with Gasteiger partial charge in [0.25, 0.3) is 11.8 Å². The highest BCUT2D eigenvalue weighted by Gasteiger charge is 2.28. The summed E-state index contributed by atoms with van der Waals surface area (Å²) in [5.74, 6) is 0.968. The maximum atomic E-state index is 12.9. The number of piperidine rings is 1. The van der Waals surface area contributed by atoms with E-state index in [1.165, 1.54) is 17.2 Å². The summed E-state index contributed by atoms with van der Waals surface area (Å²) < 4.78 is 1.99. The molecule has 0 radical (unpaired) electrons. The Balaban J connectivity index is 1.74. The van der Waals surface area contributed by atoms with Crippen molar-refractivity contribution in [1.29, 1.82) is 5.41 Å². The van der Waals surface area contributed by atoms with E-state index in [1.54, 1.807) is 32.3 Å². The summed E-state index contributed by atoms with van der Waals surface area (Å²) >= 11 is 0. The van der Waals surface area contributed by atoms with Gasteiger partial charge in [0.1, 0.15) is 23.2 Å². The highest BCUT2D eigenvalue weighted by molar-refractivity contribution is 5.98. The predicted octanol–water partition coefficient (Wildman–Crippen LogP) is 2.56. The average molecular weight is 509 g/mol. The van der Waals surface area contributed by atoms with Crippen molar-refractivity contribution in [2.24, 2.45) is 5.73 Å². The first kappa shape index (κ1) is 27.8. The number of hydrogen-bond acceptors (Lipinski definition) is 7. The molecule has 1 aliphatic heterocycles. The largest absolute Gasteiger partial charge is 0.385 e. The number of rotatable bonds is 11. The van der Waals surface area contributed by atoms with E-state index in [9.17, 15) is 9.59 Å². The molecule has 0 bridgehead atoms. The summed E-state index contributed by atoms with van der Waals surface area (Å²) in [6.45, 7) is 9.55. The second-order valence-corrected chi connectivity index (χ2v) is 9.66. The van der Waals surface area contributed by atoms with Crippen LogP contribution in [0.3, 0.4) is 0 Å². The molecular formula is C27H40N8O2. The molecule has 0 aromatic carbocycles. The molecule has 1 aromatic rings. The molecule has 2 amide bonds. The first-order valence-corrected chi connectivity index (χ1v) is 12.8. The Hall–Kier alpha value is -3.79. The van der Waals surface area contributed by atoms with E-state index in [0.29, 0.717) is 28.5 Å². The second-order valence-electron chi connectivity index (χ2n) is 9.66. The number of aromatic nitrogens is 1. The van der Waals surface area contributed by atoms with Gasteiger partial charge in [0.15, 0.2) is 0 Å². The van der Waals surface area contributed by atoms with Gasteiger partial charge in [0.05, 0.1) is 0 Å². The summed E-state index contributed by atoms with van der Waals surface area (Å²) in [7, 11) is 3.43. The van der Waals surface area contributed by atoms with Crippen LogP contribution >= 0.6 is 0 Å². The molecular weight excluding hydrogens is 468 g/mol. The molecule has 1 saturated heterocycles. The standard InChI is InChI=1S/C27H40N8O2/c1-5-19(26(36)33-21-12-14-30-15-13-21)10-11-24(29)31-18(2)32-25-20(17-28)16-23(27(37)34(3)4)35(25)22-8-6-7-9-22/h5,10-11,16-17,21-22,28,30-32H,1-2,6-9,12-15,29H2,3-4H3,(H,33,36)/b19-10+,24-11+,28-17?. The van der Waals surface area contributed by atoms with Gasteiger partial charge in [-0.3, -0.25) is 9.59 Å². The molecule has 1 aliphatic carbocycles. The lowest BCUT2D eigenvalue weighted by Crippen LogP contribution is -2.43. The highest BCUT2D eigenvalue weighted by atomic mass is 16.2. The van der Waals surface area contributed by atoms with Crippen LogP contribution in [0.1, 0.15) is 60.6 Å². The summed E-state index contributed by atoms with van der Waals surface area (Å²) in [6.07, 6.45) is 11.8. The topological polar surface area (TPSA) is 140 Å². The smallest absolute Gasteiger partial charge is 0.270 e. The van der Waals surface area contributed by atoms with Crippen molar-refractivity contribution in [3.63, 3.8) is 0 Å². The van der Waals surface area contributed by atoms with Gasteiger partial charge in [-0.15, -0.1) is 0 Å². The molecule has 2 aliphatic rings. The predicted molar refractivity (Wildman–Crippen MR) is 148 cm³/mol. The van der Waals surface area contributed by atoms with Crippen molar-refractivity contribution >= 4 is 23.8 Å². The molecule has 0 unspecified atom stereocenters. The van der Waals surface area contributed by atoms with Crippen molar-refractivity contribution in [3.8, 4) is 0 Å². The lowest BCUT2D eigenvalue weighted by Gasteiger charge is -2.23. The van der Waals surface area contributed by atoms with E-state index in [2.05, 4.69) is 34.4 Å². The van der Waals surface area contributed by atoms with Crippen molar-refractivity contribution in [2.75, 3.05) is 32.5 Å². The number of carbonyl (C=O) groups excluding carboxylic acids is 2. The van der Waals surface area contributed by atoms with E-state index in [4.69, 9.17) is 11.1 Å². The van der Waals surface area contributed by atoms with Crippen molar-refractivity contribution < 1.29 is 9.59 Å². The van der Waals surface area contributed by atoms with Gasteiger partial charge in [-0.25, -0.2) is 0 Å². The first-order valence-electron chi connectivity index (χ1n) is 12.8. The molecule has 0 spiro atoms. The normalized spacial score (nSPS) is 17.2. The minimum atomic E-state index is -0.189. The van der Waals surface area contributed by atoms with Gasteiger partial charge >= 0.3 is 0 Å². The van der Waals surface area contributed by atoms with Crippen LogP contribution in [0.5, 0.6) is 0 Å². The van der Waals surface area contributed by atoms with Crippen molar-refractivity contribution in [2.45, 2.75) is 50.6 Å². The number of nitrogens with zero attached hydrogens (tertiary/aromatic N) is 2. The monoisotopic (exact) mass is 508 g/mol. The lowest BCUT2D eigenvalue weighted by atomic mass is 10.1. The SMILES string of the molecule is C=C/C(=C\C=C(/N)NC(=C)Nc1c(C=N)cc(C(=O)N(C)C)n1C1CCCC1)C(=O)NC1CCNCC1. The molecule has 10 heteroatoms. The third kappa shape index (κ3) is 7.13. The van der Waals surface area contributed by atoms with Crippen LogP contribution in [-0.4, -0.2) is 60.7 Å². The van der Waals surface area contributed by atoms with Crippen LogP contribution in [0.25, 0.3) is 0 Å². The number of allylic oxidation sites excluding steroid dienone is 2. The van der Waals surface area contributed by atoms with Crippen LogP contribution in [0.2, 0.25) is 0 Å². The number of anilines is 1. The summed E-state index contributed by atoms with van der Waals surface area (Å²) in [5, 5.41) is 20.4. The fraction of sp³-hybridized carbons (Fsp3) is 0.444. The molecule has 7 N–H and O–H groups in total. The Morgan fingerprint density at radius 2 is 1.86 bits per heavy atom. The van der Waals surface area contributed by atoms with Crippen molar-refractivity contribution in [1.82, 2.24) is 25.4 Å². The first-order chi connectivity index (χ1) is 17.7. The summed E-state index contributed by atoms with van der Waals surface area (Å²) in [5.41, 5.74) is 7.69. The van der Waals surface area contributed by atoms with Crippen LogP contribution in [0, 0.1) is 5.41 Å². The minimum Gasteiger partial charge on any atom is -0.385 e. The summed E-state index contributed by atoms with van der Waals surface area (Å²) in [6, 6.07) is 2.04. The Morgan fingerprint density at radius 1 is 1.19 bits per heavy atom. The Morgan fingerprint density at radius 3 is 2.46 bits per heavy atom. The lowest BCUT2D eigenvalue weighted by molar-refractivity contribution is -0.118. The van der Waals surface area contributed by atoms with Crippen LogP contribution in [0.4, 0.5) is 5.82 Å². The number of hydrogen-bond donors (Lipinski definition) is 6. The van der Waals surface area contributed by atoms with Gasteiger partial charge in [-0.05, 0) is 57.0 Å². The van der Waals surface area contributed by atoms with Crippen LogP contribution < -0.4 is 27.0 Å². The van der Waals surface area contributed by atoms with Gasteiger partial charge in [-0.1, -0.05) is 32.1 Å². The van der Waals surface area contributed by atoms with E-state index in [0.717, 1.165) is 51.6 Å². The minimum absolute atomic E-state index is 0.120. The Bertz CT molecular complexity index is 1090. The highest BCUT2D eigenvalue weighted by Crippen LogP contribution is 2.36. The molecule has 1 saturated carbocycles. The molecule has 3 rings (SSSR count). The zero-order valence-corrected chi connectivity index (χ0v) is 21.9. The fourth-order valence-electron chi connectivity index (χ4n) is 4.76. The zero-order chi connectivity index (χ0) is 26.9. The van der Waals surface area contributed by atoms with E-state index in [-0.39, 0.29) is 29.7 Å². The Kier molecular flexibility index (Phi) is 9.73. The number of nitrogens with two attached hydrogens (primary N) is 1. The van der Waals surface area contributed by atoms with Crippen molar-refractivity contribution in [3.05, 3.63) is 65.9 Å².